The summed E-state index contributed by atoms with van der Waals surface area (Å²) in [6.07, 6.45) is 2.54. The van der Waals surface area contributed by atoms with E-state index in [4.69, 9.17) is 4.74 Å². The number of pyridine rings is 1. The van der Waals surface area contributed by atoms with E-state index >= 15 is 0 Å². The number of amides is 2. The Morgan fingerprint density at radius 3 is 2.74 bits per heavy atom. The Balaban J connectivity index is 1.83. The van der Waals surface area contributed by atoms with E-state index in [-0.39, 0.29) is 6.03 Å². The quantitative estimate of drug-likeness (QED) is 0.762. The normalized spacial score (nSPS) is 10.6. The monoisotopic (exact) mass is 317 g/mol. The lowest BCUT2D eigenvalue weighted by molar-refractivity contribution is 0.193. The SMILES string of the molecule is COCCCNC(=O)NCc1ccc(-n2nc(C)cc2C)nc1. The van der Waals surface area contributed by atoms with Gasteiger partial charge in [-0.2, -0.15) is 5.10 Å². The van der Waals surface area contributed by atoms with Gasteiger partial charge in [0.25, 0.3) is 0 Å². The number of carbonyl (C=O) groups is 1. The Bertz CT molecular complexity index is 636. The van der Waals surface area contributed by atoms with E-state index in [2.05, 4.69) is 20.7 Å². The average Bonchev–Trinajstić information content (AvgIpc) is 2.88. The van der Waals surface area contributed by atoms with E-state index in [9.17, 15) is 4.79 Å². The summed E-state index contributed by atoms with van der Waals surface area (Å²) in [7, 11) is 1.64. The number of urea groups is 1. The molecule has 7 nitrogen and oxygen atoms in total. The number of hydrogen-bond donors (Lipinski definition) is 2. The number of aryl methyl sites for hydroxylation is 2. The third kappa shape index (κ3) is 5.07. The number of aromatic nitrogens is 3. The van der Waals surface area contributed by atoms with Crippen LogP contribution in [0.15, 0.2) is 24.4 Å². The second kappa shape index (κ2) is 8.28. The fourth-order valence-corrected chi connectivity index (χ4v) is 2.17. The van der Waals surface area contributed by atoms with Crippen LogP contribution in [-0.2, 0) is 11.3 Å². The van der Waals surface area contributed by atoms with E-state index in [0.29, 0.717) is 19.7 Å². The van der Waals surface area contributed by atoms with Crippen LogP contribution in [-0.4, -0.2) is 41.1 Å². The van der Waals surface area contributed by atoms with Crippen LogP contribution in [0.2, 0.25) is 0 Å². The molecular formula is C16H23N5O2. The Morgan fingerprint density at radius 1 is 1.30 bits per heavy atom. The van der Waals surface area contributed by atoms with Gasteiger partial charge >= 0.3 is 6.03 Å². The third-order valence-electron chi connectivity index (χ3n) is 3.30. The summed E-state index contributed by atoms with van der Waals surface area (Å²) >= 11 is 0. The van der Waals surface area contributed by atoms with Crippen molar-refractivity contribution in [2.24, 2.45) is 0 Å². The molecule has 0 unspecified atom stereocenters. The summed E-state index contributed by atoms with van der Waals surface area (Å²) in [6.45, 7) is 5.60. The second-order valence-corrected chi connectivity index (χ2v) is 5.32. The van der Waals surface area contributed by atoms with Crippen molar-refractivity contribution < 1.29 is 9.53 Å². The molecule has 0 atom stereocenters. The van der Waals surface area contributed by atoms with Crippen LogP contribution < -0.4 is 10.6 Å². The highest BCUT2D eigenvalue weighted by Crippen LogP contribution is 2.10. The zero-order valence-corrected chi connectivity index (χ0v) is 13.8. The summed E-state index contributed by atoms with van der Waals surface area (Å²) in [4.78, 5) is 16.0. The molecule has 0 fully saturated rings. The van der Waals surface area contributed by atoms with Crippen molar-refractivity contribution in [2.75, 3.05) is 20.3 Å². The van der Waals surface area contributed by atoms with Gasteiger partial charge in [0.15, 0.2) is 5.82 Å². The average molecular weight is 317 g/mol. The molecule has 2 aromatic heterocycles. The number of hydrogen-bond acceptors (Lipinski definition) is 4. The van der Waals surface area contributed by atoms with Crippen LogP contribution >= 0.6 is 0 Å². The molecule has 0 aliphatic carbocycles. The van der Waals surface area contributed by atoms with Gasteiger partial charge in [-0.05, 0) is 38.0 Å². The Morgan fingerprint density at radius 2 is 2.13 bits per heavy atom. The fourth-order valence-electron chi connectivity index (χ4n) is 2.17. The molecule has 2 N–H and O–H groups in total. The highest BCUT2D eigenvalue weighted by atomic mass is 16.5. The Kier molecular flexibility index (Phi) is 6.10. The van der Waals surface area contributed by atoms with Crippen LogP contribution in [0.1, 0.15) is 23.4 Å². The molecule has 0 radical (unpaired) electrons. The molecule has 23 heavy (non-hydrogen) atoms. The van der Waals surface area contributed by atoms with E-state index in [0.717, 1.165) is 29.2 Å². The molecule has 0 saturated carbocycles. The lowest BCUT2D eigenvalue weighted by atomic mass is 10.3. The lowest BCUT2D eigenvalue weighted by Crippen LogP contribution is -2.35. The first-order valence-corrected chi connectivity index (χ1v) is 7.59. The number of rotatable bonds is 7. The number of ether oxygens (including phenoxy) is 1. The maximum Gasteiger partial charge on any atom is 0.315 e. The molecule has 7 heteroatoms. The largest absolute Gasteiger partial charge is 0.385 e. The third-order valence-corrected chi connectivity index (χ3v) is 3.30. The molecule has 2 heterocycles. The topological polar surface area (TPSA) is 81.1 Å². The maximum atomic E-state index is 11.6. The van der Waals surface area contributed by atoms with E-state index in [1.165, 1.54) is 0 Å². The molecule has 0 aliphatic heterocycles. The van der Waals surface area contributed by atoms with Gasteiger partial charge in [-0.15, -0.1) is 0 Å². The predicted molar refractivity (Wildman–Crippen MR) is 87.6 cm³/mol. The molecule has 0 saturated heterocycles. The maximum absolute atomic E-state index is 11.6. The number of carbonyl (C=O) groups excluding carboxylic acids is 1. The fraction of sp³-hybridized carbons (Fsp3) is 0.438. The molecular weight excluding hydrogens is 294 g/mol. The number of nitrogens with zero attached hydrogens (tertiary/aromatic N) is 3. The molecule has 0 aliphatic rings. The van der Waals surface area contributed by atoms with Gasteiger partial charge in [0.05, 0.1) is 5.69 Å². The van der Waals surface area contributed by atoms with Gasteiger partial charge in [0, 0.05) is 38.7 Å². The van der Waals surface area contributed by atoms with Crippen LogP contribution in [0.3, 0.4) is 0 Å². The lowest BCUT2D eigenvalue weighted by Gasteiger charge is -2.08. The first-order valence-electron chi connectivity index (χ1n) is 7.59. The number of methoxy groups -OCH3 is 1. The first-order chi connectivity index (χ1) is 11.1. The van der Waals surface area contributed by atoms with Crippen molar-refractivity contribution in [1.82, 2.24) is 25.4 Å². The Labute approximate surface area is 136 Å². The van der Waals surface area contributed by atoms with Crippen molar-refractivity contribution in [2.45, 2.75) is 26.8 Å². The highest BCUT2D eigenvalue weighted by molar-refractivity contribution is 5.73. The summed E-state index contributed by atoms with van der Waals surface area (Å²) in [6, 6.07) is 5.64. The standard InChI is InChI=1S/C16H23N5O2/c1-12-9-13(2)21(20-12)15-6-5-14(10-18-15)11-19-16(22)17-7-4-8-23-3/h5-6,9-10H,4,7-8,11H2,1-3H3,(H2,17,19,22). The van der Waals surface area contributed by atoms with Crippen LogP contribution in [0.4, 0.5) is 4.79 Å². The molecule has 124 valence electrons. The van der Waals surface area contributed by atoms with Crippen LogP contribution in [0.5, 0.6) is 0 Å². The predicted octanol–water partition coefficient (Wildman–Crippen LogP) is 1.72. The molecule has 0 aromatic carbocycles. The minimum atomic E-state index is -0.191. The highest BCUT2D eigenvalue weighted by Gasteiger charge is 2.05. The van der Waals surface area contributed by atoms with E-state index < -0.39 is 0 Å². The van der Waals surface area contributed by atoms with Gasteiger partial charge in [-0.1, -0.05) is 6.07 Å². The van der Waals surface area contributed by atoms with Crippen molar-refractivity contribution >= 4 is 6.03 Å². The van der Waals surface area contributed by atoms with E-state index in [1.54, 1.807) is 18.0 Å². The van der Waals surface area contributed by atoms with Crippen LogP contribution in [0.25, 0.3) is 5.82 Å². The van der Waals surface area contributed by atoms with Gasteiger partial charge in [-0.3, -0.25) is 0 Å². The smallest absolute Gasteiger partial charge is 0.315 e. The van der Waals surface area contributed by atoms with Crippen LogP contribution in [0, 0.1) is 13.8 Å². The molecule has 0 bridgehead atoms. The Hall–Kier alpha value is -2.41. The minimum Gasteiger partial charge on any atom is -0.385 e. The summed E-state index contributed by atoms with van der Waals surface area (Å²) in [5, 5.41) is 9.97. The van der Waals surface area contributed by atoms with Gasteiger partial charge in [-0.25, -0.2) is 14.5 Å². The summed E-state index contributed by atoms with van der Waals surface area (Å²) < 4.78 is 6.72. The van der Waals surface area contributed by atoms with Gasteiger partial charge in [0.1, 0.15) is 0 Å². The summed E-state index contributed by atoms with van der Waals surface area (Å²) in [5.74, 6) is 0.767. The minimum absolute atomic E-state index is 0.191. The van der Waals surface area contributed by atoms with E-state index in [1.807, 2.05) is 32.0 Å². The van der Waals surface area contributed by atoms with Crippen molar-refractivity contribution in [3.05, 3.63) is 41.3 Å². The molecule has 2 rings (SSSR count). The number of nitrogens with one attached hydrogen (secondary N) is 2. The van der Waals surface area contributed by atoms with Crippen molar-refractivity contribution in [3.63, 3.8) is 0 Å². The van der Waals surface area contributed by atoms with Gasteiger partial charge in [0.2, 0.25) is 0 Å². The summed E-state index contributed by atoms with van der Waals surface area (Å²) in [5.41, 5.74) is 2.93. The van der Waals surface area contributed by atoms with Gasteiger partial charge < -0.3 is 15.4 Å². The molecule has 0 spiro atoms. The second-order valence-electron chi connectivity index (χ2n) is 5.32. The first kappa shape index (κ1) is 17.0. The van der Waals surface area contributed by atoms with Crippen molar-refractivity contribution in [1.29, 1.82) is 0 Å². The molecule has 2 amide bonds. The zero-order valence-electron chi connectivity index (χ0n) is 13.8. The zero-order chi connectivity index (χ0) is 16.7. The molecule has 2 aromatic rings. The van der Waals surface area contributed by atoms with Crippen molar-refractivity contribution in [3.8, 4) is 5.82 Å².